The van der Waals surface area contributed by atoms with Gasteiger partial charge in [0.1, 0.15) is 0 Å². The summed E-state index contributed by atoms with van der Waals surface area (Å²) in [6, 6.07) is 48.3. The van der Waals surface area contributed by atoms with Crippen molar-refractivity contribution in [1.29, 1.82) is 0 Å². The van der Waals surface area contributed by atoms with E-state index in [4.69, 9.17) is 29.9 Å². The van der Waals surface area contributed by atoms with E-state index in [9.17, 15) is 0 Å². The van der Waals surface area contributed by atoms with Crippen molar-refractivity contribution in [3.05, 3.63) is 169 Å². The quantitative estimate of drug-likeness (QED) is 0.165. The van der Waals surface area contributed by atoms with Crippen molar-refractivity contribution in [2.24, 2.45) is 4.99 Å². The lowest BCUT2D eigenvalue weighted by atomic mass is 9.96. The third-order valence-electron chi connectivity index (χ3n) is 10.6. The van der Waals surface area contributed by atoms with Crippen LogP contribution in [0.3, 0.4) is 0 Å². The summed E-state index contributed by atoms with van der Waals surface area (Å²) >= 11 is 0. The summed E-state index contributed by atoms with van der Waals surface area (Å²) in [6.45, 7) is 0.782. The molecule has 0 saturated carbocycles. The number of aromatic nitrogens is 6. The predicted octanol–water partition coefficient (Wildman–Crippen LogP) is 9.81. The Morgan fingerprint density at radius 2 is 0.964 bits per heavy atom. The molecule has 0 aliphatic carbocycles. The Bertz CT molecular complexity index is 3330. The van der Waals surface area contributed by atoms with Crippen molar-refractivity contribution in [1.82, 2.24) is 29.9 Å². The Labute approximate surface area is 321 Å². The van der Waals surface area contributed by atoms with Gasteiger partial charge in [0.15, 0.2) is 17.5 Å². The zero-order valence-electron chi connectivity index (χ0n) is 30.1. The molecule has 7 heteroatoms. The number of fused-ring (bicyclic) bond motifs is 7. The fourth-order valence-electron chi connectivity index (χ4n) is 8.05. The molecule has 0 unspecified atom stereocenters. The van der Waals surface area contributed by atoms with Gasteiger partial charge in [0.05, 0.1) is 21.9 Å². The average molecular weight is 718 g/mol. The van der Waals surface area contributed by atoms with Crippen LogP contribution in [0.1, 0.15) is 6.42 Å². The van der Waals surface area contributed by atoms with Crippen molar-refractivity contribution in [2.75, 3.05) is 6.54 Å². The molecule has 1 aliphatic rings. The van der Waals surface area contributed by atoms with E-state index in [0.29, 0.717) is 17.5 Å². The summed E-state index contributed by atoms with van der Waals surface area (Å²) in [5.41, 5.74) is 9.70. The molecule has 0 saturated heterocycles. The van der Waals surface area contributed by atoms with E-state index >= 15 is 0 Å². The third-order valence-corrected chi connectivity index (χ3v) is 10.6. The van der Waals surface area contributed by atoms with Crippen molar-refractivity contribution in [3.8, 4) is 56.4 Å². The summed E-state index contributed by atoms with van der Waals surface area (Å²) in [7, 11) is 0. The number of nitrogens with zero attached hydrogens (tertiary/aromatic N) is 7. The molecule has 0 spiro atoms. The number of pyridine rings is 3. The molecule has 0 amide bonds. The lowest BCUT2D eigenvalue weighted by molar-refractivity contribution is 0.965. The normalized spacial score (nSPS) is 12.4. The second-order valence-corrected chi connectivity index (χ2v) is 14.0. The molecular formula is C49H31N7. The van der Waals surface area contributed by atoms with Crippen LogP contribution in [0.4, 0.5) is 0 Å². The van der Waals surface area contributed by atoms with Gasteiger partial charge >= 0.3 is 0 Å². The highest BCUT2D eigenvalue weighted by atomic mass is 15.0. The van der Waals surface area contributed by atoms with Gasteiger partial charge in [-0.25, -0.2) is 15.0 Å². The van der Waals surface area contributed by atoms with E-state index < -0.39 is 0 Å². The zero-order valence-corrected chi connectivity index (χ0v) is 30.1. The minimum Gasteiger partial charge on any atom is -0.282 e. The van der Waals surface area contributed by atoms with Gasteiger partial charge in [-0.05, 0) is 87.1 Å². The SMILES string of the molecule is C1=c2cc(-c3cccc(-c4nc(-c5cccc(-c6cc7cccnc7c7ncccc67)c5)nc(-c5cccc6ccccc56)n4)c3)c3cccnc3c2=NCC1. The first-order valence-corrected chi connectivity index (χ1v) is 18.8. The Hall–Kier alpha value is -7.51. The summed E-state index contributed by atoms with van der Waals surface area (Å²) < 4.78 is 0. The van der Waals surface area contributed by atoms with Gasteiger partial charge in [-0.3, -0.25) is 19.9 Å². The molecule has 0 atom stereocenters. The van der Waals surface area contributed by atoms with Crippen LogP contribution < -0.4 is 10.6 Å². The zero-order chi connectivity index (χ0) is 37.0. The molecule has 0 radical (unpaired) electrons. The van der Waals surface area contributed by atoms with Crippen LogP contribution in [0.25, 0.3) is 106 Å². The molecule has 56 heavy (non-hydrogen) atoms. The monoisotopic (exact) mass is 717 g/mol. The van der Waals surface area contributed by atoms with Crippen molar-refractivity contribution in [3.63, 3.8) is 0 Å². The van der Waals surface area contributed by atoms with Crippen molar-refractivity contribution in [2.45, 2.75) is 6.42 Å². The number of hydrogen-bond acceptors (Lipinski definition) is 7. The first-order valence-electron chi connectivity index (χ1n) is 18.8. The van der Waals surface area contributed by atoms with E-state index in [1.54, 1.807) is 0 Å². The average Bonchev–Trinajstić information content (AvgIpc) is 3.28. The van der Waals surface area contributed by atoms with Gasteiger partial charge in [-0.1, -0.05) is 103 Å². The molecular weight excluding hydrogens is 687 g/mol. The maximum atomic E-state index is 5.22. The Balaban J connectivity index is 1.11. The van der Waals surface area contributed by atoms with Crippen LogP contribution in [0.2, 0.25) is 0 Å². The van der Waals surface area contributed by atoms with E-state index in [2.05, 4.69) is 132 Å². The molecule has 0 bridgehead atoms. The van der Waals surface area contributed by atoms with E-state index in [0.717, 1.165) is 106 Å². The van der Waals surface area contributed by atoms with Gasteiger partial charge in [-0.2, -0.15) is 0 Å². The molecule has 0 N–H and O–H groups in total. The number of benzene rings is 6. The lowest BCUT2D eigenvalue weighted by Crippen LogP contribution is -2.29. The first-order chi connectivity index (χ1) is 27.7. The molecule has 7 nitrogen and oxygen atoms in total. The fourth-order valence-corrected chi connectivity index (χ4v) is 8.05. The molecule has 10 aromatic rings. The smallest absolute Gasteiger partial charge is 0.164 e. The van der Waals surface area contributed by atoms with Crippen molar-refractivity contribution >= 4 is 49.6 Å². The largest absolute Gasteiger partial charge is 0.282 e. The minimum absolute atomic E-state index is 0.592. The Kier molecular flexibility index (Phi) is 7.48. The summed E-state index contributed by atoms with van der Waals surface area (Å²) in [5, 5.41) is 7.44. The van der Waals surface area contributed by atoms with E-state index in [1.807, 2.05) is 36.8 Å². The molecule has 6 aromatic carbocycles. The van der Waals surface area contributed by atoms with E-state index in [1.165, 1.54) is 0 Å². The Morgan fingerprint density at radius 1 is 0.393 bits per heavy atom. The van der Waals surface area contributed by atoms with E-state index in [-0.39, 0.29) is 0 Å². The molecule has 0 fully saturated rings. The summed E-state index contributed by atoms with van der Waals surface area (Å²) in [4.78, 5) is 34.7. The molecule has 262 valence electrons. The second kappa shape index (κ2) is 13.1. The first kappa shape index (κ1) is 32.0. The Morgan fingerprint density at radius 3 is 1.75 bits per heavy atom. The topological polar surface area (TPSA) is 89.7 Å². The number of hydrogen-bond donors (Lipinski definition) is 0. The van der Waals surface area contributed by atoms with Crippen LogP contribution in [-0.4, -0.2) is 36.4 Å². The van der Waals surface area contributed by atoms with Gasteiger partial charge in [0, 0.05) is 58.0 Å². The maximum Gasteiger partial charge on any atom is 0.164 e. The van der Waals surface area contributed by atoms with Gasteiger partial charge < -0.3 is 0 Å². The third kappa shape index (κ3) is 5.40. The van der Waals surface area contributed by atoms with Crippen LogP contribution in [0.15, 0.2) is 163 Å². The van der Waals surface area contributed by atoms with Gasteiger partial charge in [-0.15, -0.1) is 0 Å². The molecule has 5 heterocycles. The maximum absolute atomic E-state index is 5.22. The molecule has 4 aromatic heterocycles. The number of rotatable bonds is 5. The fraction of sp³-hybridized carbons (Fsp3) is 0.0408. The van der Waals surface area contributed by atoms with Crippen molar-refractivity contribution < 1.29 is 0 Å². The lowest BCUT2D eigenvalue weighted by Gasteiger charge is -2.13. The highest BCUT2D eigenvalue weighted by molar-refractivity contribution is 6.10. The van der Waals surface area contributed by atoms with Gasteiger partial charge in [0.25, 0.3) is 0 Å². The van der Waals surface area contributed by atoms with Crippen LogP contribution in [0.5, 0.6) is 0 Å². The summed E-state index contributed by atoms with van der Waals surface area (Å²) in [6.07, 6.45) is 8.67. The standard InChI is InChI=1S/C49H31N7/c1-2-18-37-30(10-1)11-5-19-40(37)49-55-47(35-14-3-12-31(26-35)41-28-33-16-6-22-50-43(33)45-38(41)20-8-24-52-45)54-48(56-49)36-15-4-13-32(27-36)42-29-34-17-7-23-51-44(34)46-39(42)21-9-25-53-46/h1-6,8-22,24-29H,7,23H2. The predicted molar refractivity (Wildman–Crippen MR) is 225 cm³/mol. The highest BCUT2D eigenvalue weighted by Gasteiger charge is 2.18. The molecule has 1 aliphatic heterocycles. The second-order valence-electron chi connectivity index (χ2n) is 14.0. The minimum atomic E-state index is 0.592. The summed E-state index contributed by atoms with van der Waals surface area (Å²) in [5.74, 6) is 1.80. The molecule has 11 rings (SSSR count). The van der Waals surface area contributed by atoms with Crippen LogP contribution >= 0.6 is 0 Å². The van der Waals surface area contributed by atoms with Crippen LogP contribution in [0, 0.1) is 0 Å². The van der Waals surface area contributed by atoms with Gasteiger partial charge in [0.2, 0.25) is 0 Å². The highest BCUT2D eigenvalue weighted by Crippen LogP contribution is 2.36. The van der Waals surface area contributed by atoms with Crippen LogP contribution in [-0.2, 0) is 0 Å².